The molecule has 0 radical (unpaired) electrons. The molecule has 3 aromatic rings. The second kappa shape index (κ2) is 9.38. The molecule has 1 aliphatic rings. The average molecular weight is 443 g/mol. The molecular weight excluding hydrogens is 416 g/mol. The van der Waals surface area contributed by atoms with Crippen LogP contribution in [0.1, 0.15) is 46.1 Å². The lowest BCUT2D eigenvalue weighted by Gasteiger charge is -2.35. The first-order valence-electron chi connectivity index (χ1n) is 10.4. The van der Waals surface area contributed by atoms with Gasteiger partial charge in [0.15, 0.2) is 0 Å². The highest BCUT2D eigenvalue weighted by Gasteiger charge is 2.24. The molecule has 1 unspecified atom stereocenters. The summed E-state index contributed by atoms with van der Waals surface area (Å²) >= 11 is 8.00. The predicted octanol–water partition coefficient (Wildman–Crippen LogP) is 5.83. The molecule has 0 bridgehead atoms. The van der Waals surface area contributed by atoms with Crippen molar-refractivity contribution in [3.05, 3.63) is 63.5 Å². The van der Waals surface area contributed by atoms with Crippen LogP contribution >= 0.6 is 22.9 Å². The molecule has 0 aliphatic carbocycles. The van der Waals surface area contributed by atoms with Crippen molar-refractivity contribution in [1.29, 1.82) is 0 Å². The number of thiophene rings is 1. The van der Waals surface area contributed by atoms with Crippen LogP contribution in [0.15, 0.2) is 42.5 Å². The first-order valence-corrected chi connectivity index (χ1v) is 11.6. The number of fused-ring (bicyclic) bond motifs is 1. The Balaban J connectivity index is 1.54. The summed E-state index contributed by atoms with van der Waals surface area (Å²) in [5, 5.41) is 4.65. The molecule has 1 aliphatic heterocycles. The minimum absolute atomic E-state index is 0.102. The number of methoxy groups -OCH3 is 1. The molecule has 1 atom stereocenters. The number of hydrogen-bond donors (Lipinski definition) is 1. The van der Waals surface area contributed by atoms with Crippen LogP contribution < -0.4 is 10.1 Å². The van der Waals surface area contributed by atoms with Crippen LogP contribution in [0.5, 0.6) is 5.75 Å². The Kier molecular flexibility index (Phi) is 6.61. The summed E-state index contributed by atoms with van der Waals surface area (Å²) in [6.45, 7) is 4.70. The van der Waals surface area contributed by atoms with Crippen molar-refractivity contribution in [2.75, 3.05) is 26.7 Å². The molecule has 1 fully saturated rings. The van der Waals surface area contributed by atoms with E-state index in [-0.39, 0.29) is 11.9 Å². The minimum Gasteiger partial charge on any atom is -0.497 e. The SMILES string of the molecule is COc1ccc(C(CNC(=O)c2sc3cc(C)ccc3c2Cl)N2CCCCC2)cc1. The number of carbonyl (C=O) groups excluding carboxylic acids is 1. The van der Waals surface area contributed by atoms with Crippen LogP contribution in [-0.4, -0.2) is 37.6 Å². The highest BCUT2D eigenvalue weighted by Crippen LogP contribution is 2.36. The van der Waals surface area contributed by atoms with E-state index in [2.05, 4.69) is 28.4 Å². The molecule has 4 rings (SSSR count). The average Bonchev–Trinajstić information content (AvgIpc) is 3.10. The van der Waals surface area contributed by atoms with Crippen molar-refractivity contribution in [1.82, 2.24) is 10.2 Å². The molecule has 1 N–H and O–H groups in total. The van der Waals surface area contributed by atoms with Gasteiger partial charge in [0.1, 0.15) is 10.6 Å². The van der Waals surface area contributed by atoms with Gasteiger partial charge in [-0.05, 0) is 62.2 Å². The number of rotatable bonds is 6. The molecule has 2 heterocycles. The molecule has 0 spiro atoms. The maximum atomic E-state index is 13.0. The summed E-state index contributed by atoms with van der Waals surface area (Å²) in [7, 11) is 1.67. The Labute approximate surface area is 186 Å². The summed E-state index contributed by atoms with van der Waals surface area (Å²) < 4.78 is 6.35. The lowest BCUT2D eigenvalue weighted by atomic mass is 10.0. The molecule has 2 aromatic carbocycles. The van der Waals surface area contributed by atoms with Crippen molar-refractivity contribution < 1.29 is 9.53 Å². The number of hydrogen-bond acceptors (Lipinski definition) is 4. The minimum atomic E-state index is -0.102. The zero-order valence-corrected chi connectivity index (χ0v) is 19.0. The quantitative estimate of drug-likeness (QED) is 0.522. The summed E-state index contributed by atoms with van der Waals surface area (Å²) in [5.74, 6) is 0.738. The zero-order valence-electron chi connectivity index (χ0n) is 17.4. The van der Waals surface area contributed by atoms with Crippen molar-refractivity contribution >= 4 is 38.9 Å². The van der Waals surface area contributed by atoms with Crippen LogP contribution in [0.3, 0.4) is 0 Å². The van der Waals surface area contributed by atoms with E-state index in [9.17, 15) is 4.79 Å². The van der Waals surface area contributed by atoms with E-state index < -0.39 is 0 Å². The van der Waals surface area contributed by atoms with Crippen LogP contribution in [0, 0.1) is 6.92 Å². The topological polar surface area (TPSA) is 41.6 Å². The predicted molar refractivity (Wildman–Crippen MR) is 125 cm³/mol. The highest BCUT2D eigenvalue weighted by molar-refractivity contribution is 7.21. The number of ether oxygens (including phenoxy) is 1. The Bertz CT molecular complexity index is 1030. The van der Waals surface area contributed by atoms with Crippen molar-refractivity contribution in [3.8, 4) is 5.75 Å². The van der Waals surface area contributed by atoms with E-state index in [1.807, 2.05) is 31.2 Å². The summed E-state index contributed by atoms with van der Waals surface area (Å²) in [6, 6.07) is 14.4. The maximum Gasteiger partial charge on any atom is 0.262 e. The Morgan fingerprint density at radius 3 is 2.60 bits per heavy atom. The number of likely N-dealkylation sites (tertiary alicyclic amines) is 1. The number of carbonyl (C=O) groups is 1. The van der Waals surface area contributed by atoms with Crippen LogP contribution in [0.4, 0.5) is 0 Å². The molecular formula is C24H27ClN2O2S. The van der Waals surface area contributed by atoms with Gasteiger partial charge in [-0.1, -0.05) is 42.3 Å². The van der Waals surface area contributed by atoms with Crippen LogP contribution in [-0.2, 0) is 0 Å². The van der Waals surface area contributed by atoms with Crippen LogP contribution in [0.25, 0.3) is 10.1 Å². The Hall–Kier alpha value is -2.08. The van der Waals surface area contributed by atoms with Gasteiger partial charge >= 0.3 is 0 Å². The second-order valence-electron chi connectivity index (χ2n) is 7.84. The van der Waals surface area contributed by atoms with Gasteiger partial charge in [0, 0.05) is 16.6 Å². The van der Waals surface area contributed by atoms with Gasteiger partial charge < -0.3 is 10.1 Å². The maximum absolute atomic E-state index is 13.0. The number of benzene rings is 2. The van der Waals surface area contributed by atoms with Crippen molar-refractivity contribution in [3.63, 3.8) is 0 Å². The van der Waals surface area contributed by atoms with Gasteiger partial charge in [-0.2, -0.15) is 0 Å². The first kappa shape index (κ1) is 21.2. The first-order chi connectivity index (χ1) is 14.6. The van der Waals surface area contributed by atoms with Crippen molar-refractivity contribution in [2.24, 2.45) is 0 Å². The normalized spacial score (nSPS) is 15.8. The standard InChI is InChI=1S/C24H27ClN2O2S/c1-16-6-11-19-21(14-16)30-23(22(19)25)24(28)26-15-20(27-12-4-3-5-13-27)17-7-9-18(29-2)10-8-17/h6-11,14,20H,3-5,12-13,15H2,1-2H3,(H,26,28). The fourth-order valence-electron chi connectivity index (χ4n) is 4.10. The van der Waals surface area contributed by atoms with E-state index in [1.165, 1.54) is 36.2 Å². The van der Waals surface area contributed by atoms with E-state index in [1.54, 1.807) is 7.11 Å². The molecule has 4 nitrogen and oxygen atoms in total. The van der Waals surface area contributed by atoms with Crippen molar-refractivity contribution in [2.45, 2.75) is 32.2 Å². The number of halogens is 1. The van der Waals surface area contributed by atoms with Crippen LogP contribution in [0.2, 0.25) is 5.02 Å². The largest absolute Gasteiger partial charge is 0.497 e. The summed E-state index contributed by atoms with van der Waals surface area (Å²) in [4.78, 5) is 16.1. The number of nitrogens with one attached hydrogen (secondary N) is 1. The number of aryl methyl sites for hydroxylation is 1. The third-order valence-electron chi connectivity index (χ3n) is 5.78. The van der Waals surface area contributed by atoms with Gasteiger partial charge in [-0.3, -0.25) is 9.69 Å². The fourth-order valence-corrected chi connectivity index (χ4v) is 5.63. The summed E-state index contributed by atoms with van der Waals surface area (Å²) in [5.41, 5.74) is 2.35. The number of piperidine rings is 1. The Morgan fingerprint density at radius 1 is 1.17 bits per heavy atom. The molecule has 6 heteroatoms. The zero-order chi connectivity index (χ0) is 21.1. The van der Waals surface area contributed by atoms with E-state index in [4.69, 9.17) is 16.3 Å². The lowest BCUT2D eigenvalue weighted by Crippen LogP contribution is -2.40. The lowest BCUT2D eigenvalue weighted by molar-refractivity contribution is 0.0928. The Morgan fingerprint density at radius 2 is 1.90 bits per heavy atom. The molecule has 1 amide bonds. The second-order valence-corrected chi connectivity index (χ2v) is 9.27. The van der Waals surface area contributed by atoms with E-state index >= 15 is 0 Å². The third kappa shape index (κ3) is 4.48. The third-order valence-corrected chi connectivity index (χ3v) is 7.44. The smallest absolute Gasteiger partial charge is 0.262 e. The summed E-state index contributed by atoms with van der Waals surface area (Å²) in [6.07, 6.45) is 3.67. The van der Waals surface area contributed by atoms with E-state index in [0.29, 0.717) is 16.4 Å². The highest BCUT2D eigenvalue weighted by atomic mass is 35.5. The molecule has 0 saturated carbocycles. The van der Waals surface area contributed by atoms with Gasteiger partial charge in [0.25, 0.3) is 5.91 Å². The molecule has 1 aromatic heterocycles. The molecule has 30 heavy (non-hydrogen) atoms. The fraction of sp³-hybridized carbons (Fsp3) is 0.375. The van der Waals surface area contributed by atoms with Gasteiger partial charge in [0.05, 0.1) is 18.2 Å². The van der Waals surface area contributed by atoms with Gasteiger partial charge in [0.2, 0.25) is 0 Å². The monoisotopic (exact) mass is 442 g/mol. The number of amides is 1. The van der Waals surface area contributed by atoms with E-state index in [0.717, 1.165) is 34.5 Å². The molecule has 1 saturated heterocycles. The van der Waals surface area contributed by atoms with Gasteiger partial charge in [-0.25, -0.2) is 0 Å². The molecule has 158 valence electrons. The number of nitrogens with zero attached hydrogens (tertiary/aromatic N) is 1. The van der Waals surface area contributed by atoms with Gasteiger partial charge in [-0.15, -0.1) is 11.3 Å².